The summed E-state index contributed by atoms with van der Waals surface area (Å²) in [6, 6.07) is 5.55. The van der Waals surface area contributed by atoms with Gasteiger partial charge in [0.25, 0.3) is 5.91 Å². The summed E-state index contributed by atoms with van der Waals surface area (Å²) in [6.07, 6.45) is 3.51. The van der Waals surface area contributed by atoms with Crippen LogP contribution in [0.2, 0.25) is 0 Å². The van der Waals surface area contributed by atoms with E-state index in [-0.39, 0.29) is 5.91 Å². The van der Waals surface area contributed by atoms with Crippen LogP contribution in [0.5, 0.6) is 0 Å². The highest BCUT2D eigenvalue weighted by atomic mass is 16.3. The van der Waals surface area contributed by atoms with Crippen LogP contribution in [0.25, 0.3) is 0 Å². The third-order valence-electron chi connectivity index (χ3n) is 4.59. The third-order valence-corrected chi connectivity index (χ3v) is 4.59. The first kappa shape index (κ1) is 21.0. The maximum Gasteiger partial charge on any atom is 0.254 e. The fourth-order valence-electron chi connectivity index (χ4n) is 3.09. The number of amides is 1. The molecule has 1 aromatic rings. The van der Waals surface area contributed by atoms with Crippen LogP contribution >= 0.6 is 0 Å². The quantitative estimate of drug-likeness (QED) is 0.497. The van der Waals surface area contributed by atoms with E-state index in [1.54, 1.807) is 0 Å². The van der Waals surface area contributed by atoms with E-state index in [1.165, 1.54) is 13.0 Å². The molecule has 0 aromatic heterocycles. The molecule has 25 heavy (non-hydrogen) atoms. The summed E-state index contributed by atoms with van der Waals surface area (Å²) in [5, 5.41) is 8.25. The van der Waals surface area contributed by atoms with E-state index in [1.807, 2.05) is 30.0 Å². The molecule has 0 spiro atoms. The predicted molar refractivity (Wildman–Crippen MR) is 97.8 cm³/mol. The lowest BCUT2D eigenvalue weighted by molar-refractivity contribution is -0.871. The molecule has 1 aliphatic heterocycles. The molecule has 2 rings (SSSR count). The molecule has 1 fully saturated rings. The number of benzene rings is 1. The highest BCUT2D eigenvalue weighted by molar-refractivity contribution is 5.96. The molecule has 6 heteroatoms. The van der Waals surface area contributed by atoms with E-state index in [0.29, 0.717) is 5.69 Å². The molecular weight excluding hydrogens is 318 g/mol. The lowest BCUT2D eigenvalue weighted by atomic mass is 9.92. The highest BCUT2D eigenvalue weighted by Crippen LogP contribution is 2.23. The van der Waals surface area contributed by atoms with Crippen LogP contribution in [0.15, 0.2) is 18.2 Å². The molecule has 0 bridgehead atoms. The maximum atomic E-state index is 12.6. The van der Waals surface area contributed by atoms with Crippen molar-refractivity contribution in [1.82, 2.24) is 4.90 Å². The molecule has 6 nitrogen and oxygen atoms in total. The summed E-state index contributed by atoms with van der Waals surface area (Å²) in [4.78, 5) is 22.9. The SMILES string of the molecule is Cc1cc(N)ccc1C(=O)N1CCC(CC[N+](C)(C)C)CC1.O=C[O-]. The van der Waals surface area contributed by atoms with Crippen LogP contribution in [0.1, 0.15) is 35.2 Å². The van der Waals surface area contributed by atoms with Gasteiger partial charge in [-0.05, 0) is 55.9 Å². The maximum absolute atomic E-state index is 12.6. The summed E-state index contributed by atoms with van der Waals surface area (Å²) in [7, 11) is 6.72. The molecule has 0 radical (unpaired) electrons. The van der Waals surface area contributed by atoms with Crippen LogP contribution < -0.4 is 10.8 Å². The van der Waals surface area contributed by atoms with Gasteiger partial charge in [0.15, 0.2) is 0 Å². The number of rotatable bonds is 4. The average molecular weight is 349 g/mol. The first-order chi connectivity index (χ1) is 11.7. The molecule has 1 amide bonds. The van der Waals surface area contributed by atoms with Crippen LogP contribution in [0, 0.1) is 12.8 Å². The van der Waals surface area contributed by atoms with Crippen molar-refractivity contribution in [1.29, 1.82) is 0 Å². The van der Waals surface area contributed by atoms with Crippen molar-refractivity contribution in [2.75, 3.05) is 46.5 Å². The van der Waals surface area contributed by atoms with Gasteiger partial charge in [-0.3, -0.25) is 4.79 Å². The van der Waals surface area contributed by atoms with Crippen LogP contribution in [-0.4, -0.2) is 62.5 Å². The van der Waals surface area contributed by atoms with Gasteiger partial charge in [-0.1, -0.05) is 0 Å². The number of carbonyl (C=O) groups is 2. The van der Waals surface area contributed by atoms with Gasteiger partial charge in [-0.25, -0.2) is 0 Å². The molecule has 0 unspecified atom stereocenters. The zero-order valence-electron chi connectivity index (χ0n) is 15.8. The molecule has 0 aliphatic carbocycles. The van der Waals surface area contributed by atoms with Gasteiger partial charge in [0.1, 0.15) is 0 Å². The van der Waals surface area contributed by atoms with Crippen molar-refractivity contribution in [2.45, 2.75) is 26.2 Å². The van der Waals surface area contributed by atoms with Gasteiger partial charge in [-0.2, -0.15) is 0 Å². The number of piperidine rings is 1. The molecule has 1 aliphatic rings. The molecule has 2 N–H and O–H groups in total. The van der Waals surface area contributed by atoms with Crippen LogP contribution in [0.3, 0.4) is 0 Å². The van der Waals surface area contributed by atoms with Gasteiger partial charge in [-0.15, -0.1) is 0 Å². The molecular formula is C19H31N3O3. The Hall–Kier alpha value is -2.08. The molecule has 1 heterocycles. The molecule has 1 aromatic carbocycles. The summed E-state index contributed by atoms with van der Waals surface area (Å²) in [6.45, 7) is 4.42. The normalized spacial score (nSPS) is 15.3. The zero-order chi connectivity index (χ0) is 19.0. The Morgan fingerprint density at radius 3 is 2.36 bits per heavy atom. The summed E-state index contributed by atoms with van der Waals surface area (Å²) in [5.41, 5.74) is 8.24. The summed E-state index contributed by atoms with van der Waals surface area (Å²) >= 11 is 0. The number of aryl methyl sites for hydroxylation is 1. The van der Waals surface area contributed by atoms with E-state index < -0.39 is 6.47 Å². The van der Waals surface area contributed by atoms with E-state index in [9.17, 15) is 4.79 Å². The number of nitrogens with two attached hydrogens (primary N) is 1. The smallest absolute Gasteiger partial charge is 0.254 e. The van der Waals surface area contributed by atoms with E-state index in [0.717, 1.165) is 47.5 Å². The largest absolute Gasteiger partial charge is 0.554 e. The van der Waals surface area contributed by atoms with Crippen molar-refractivity contribution in [3.8, 4) is 0 Å². The topological polar surface area (TPSA) is 86.5 Å². The lowest BCUT2D eigenvalue weighted by Gasteiger charge is -2.34. The molecule has 0 atom stereocenters. The third kappa shape index (κ3) is 7.13. The second-order valence-electron chi connectivity index (χ2n) is 7.71. The Morgan fingerprint density at radius 1 is 1.32 bits per heavy atom. The first-order valence-corrected chi connectivity index (χ1v) is 8.69. The number of carboxylic acid groups (broad SMARTS) is 1. The number of likely N-dealkylation sites (tertiary alicyclic amines) is 1. The van der Waals surface area contributed by atoms with Crippen molar-refractivity contribution in [2.24, 2.45) is 5.92 Å². The minimum Gasteiger partial charge on any atom is -0.554 e. The molecule has 0 saturated carbocycles. The van der Waals surface area contributed by atoms with Gasteiger partial charge in [0.2, 0.25) is 0 Å². The first-order valence-electron chi connectivity index (χ1n) is 8.69. The Labute approximate surface area is 150 Å². The number of quaternary nitrogens is 1. The standard InChI is InChI=1S/C18H29N3O.CH2O2/c1-14-13-16(19)5-6-17(14)18(22)20-10-7-15(8-11-20)9-12-21(2,3)4;2-1-3/h5-6,13,15H,7-12H2,1-4H3,(H-,19,22);1H,(H,2,3). The lowest BCUT2D eigenvalue weighted by Crippen LogP contribution is -2.41. The Kier molecular flexibility index (Phi) is 7.90. The number of hydrogen-bond donors (Lipinski definition) is 1. The summed E-state index contributed by atoms with van der Waals surface area (Å²) in [5.74, 6) is 0.913. The highest BCUT2D eigenvalue weighted by Gasteiger charge is 2.25. The molecule has 1 saturated heterocycles. The second kappa shape index (κ2) is 9.42. The van der Waals surface area contributed by atoms with Gasteiger partial charge in [0.05, 0.1) is 27.7 Å². The van der Waals surface area contributed by atoms with Gasteiger partial charge in [0, 0.05) is 30.8 Å². The minimum atomic E-state index is -0.500. The van der Waals surface area contributed by atoms with Gasteiger partial charge >= 0.3 is 0 Å². The average Bonchev–Trinajstić information content (AvgIpc) is 2.53. The summed E-state index contributed by atoms with van der Waals surface area (Å²) < 4.78 is 1.02. The fourth-order valence-corrected chi connectivity index (χ4v) is 3.09. The number of nitrogens with zero attached hydrogens (tertiary/aromatic N) is 2. The van der Waals surface area contributed by atoms with E-state index in [2.05, 4.69) is 21.1 Å². The number of anilines is 1. The van der Waals surface area contributed by atoms with Crippen molar-refractivity contribution >= 4 is 18.1 Å². The Morgan fingerprint density at radius 2 is 1.88 bits per heavy atom. The van der Waals surface area contributed by atoms with E-state index in [4.69, 9.17) is 15.6 Å². The Bertz CT molecular complexity index is 574. The van der Waals surface area contributed by atoms with Crippen molar-refractivity contribution in [3.05, 3.63) is 29.3 Å². The Balaban J connectivity index is 0.000000970. The predicted octanol–water partition coefficient (Wildman–Crippen LogP) is 0.892. The monoisotopic (exact) mass is 349 g/mol. The van der Waals surface area contributed by atoms with Crippen molar-refractivity contribution < 1.29 is 19.2 Å². The zero-order valence-corrected chi connectivity index (χ0v) is 15.8. The van der Waals surface area contributed by atoms with E-state index >= 15 is 0 Å². The van der Waals surface area contributed by atoms with Crippen LogP contribution in [-0.2, 0) is 4.79 Å². The minimum absolute atomic E-state index is 0.155. The fraction of sp³-hybridized carbons (Fsp3) is 0.579. The second-order valence-corrected chi connectivity index (χ2v) is 7.71. The number of carbonyl (C=O) groups excluding carboxylic acids is 2. The molecule has 140 valence electrons. The number of nitrogen functional groups attached to an aromatic ring is 1. The van der Waals surface area contributed by atoms with Crippen LogP contribution in [0.4, 0.5) is 5.69 Å². The number of hydrogen-bond acceptors (Lipinski definition) is 4. The van der Waals surface area contributed by atoms with Gasteiger partial charge < -0.3 is 25.0 Å². The van der Waals surface area contributed by atoms with Crippen molar-refractivity contribution in [3.63, 3.8) is 0 Å².